The normalized spacial score (nSPS) is 16.6. The van der Waals surface area contributed by atoms with Crippen molar-refractivity contribution in [3.8, 4) is 5.75 Å². The van der Waals surface area contributed by atoms with Gasteiger partial charge in [0.25, 0.3) is 5.91 Å². The van der Waals surface area contributed by atoms with E-state index in [0.29, 0.717) is 17.7 Å². The molecule has 0 fully saturated rings. The Morgan fingerprint density at radius 2 is 1.78 bits per heavy atom. The second kappa shape index (κ2) is 6.24. The van der Waals surface area contributed by atoms with Crippen molar-refractivity contribution in [2.75, 3.05) is 12.0 Å². The number of ketones is 1. The van der Waals surface area contributed by atoms with Crippen molar-refractivity contribution < 1.29 is 14.3 Å². The van der Waals surface area contributed by atoms with Gasteiger partial charge in [0.1, 0.15) is 5.75 Å². The third-order valence-electron chi connectivity index (χ3n) is 4.27. The third-order valence-corrected chi connectivity index (χ3v) is 4.27. The molecule has 1 aliphatic heterocycles. The lowest BCUT2D eigenvalue weighted by molar-refractivity contribution is -0.118. The van der Waals surface area contributed by atoms with Crippen molar-refractivity contribution in [3.63, 3.8) is 0 Å². The molecule has 118 valence electrons. The molecule has 4 nitrogen and oxygen atoms in total. The van der Waals surface area contributed by atoms with Gasteiger partial charge in [-0.15, -0.1) is 0 Å². The molecule has 0 saturated carbocycles. The predicted octanol–water partition coefficient (Wildman–Crippen LogP) is 3.25. The Hall–Kier alpha value is -2.62. The number of aryl methyl sites for hydroxylation is 1. The van der Waals surface area contributed by atoms with E-state index in [1.807, 2.05) is 24.3 Å². The minimum absolute atomic E-state index is 0.0152. The number of nitrogens with zero attached hydrogens (tertiary/aromatic N) is 1. The first-order chi connectivity index (χ1) is 11.1. The lowest BCUT2D eigenvalue weighted by Crippen LogP contribution is -2.47. The number of methoxy groups -OCH3 is 1. The van der Waals surface area contributed by atoms with E-state index < -0.39 is 6.04 Å². The Kier molecular flexibility index (Phi) is 4.15. The molecule has 0 bridgehead atoms. The number of anilines is 1. The van der Waals surface area contributed by atoms with Gasteiger partial charge >= 0.3 is 0 Å². The van der Waals surface area contributed by atoms with Crippen LogP contribution < -0.4 is 9.64 Å². The molecule has 0 aliphatic carbocycles. The molecule has 2 aromatic carbocycles. The van der Waals surface area contributed by atoms with Crippen LogP contribution in [0.15, 0.2) is 48.5 Å². The molecule has 0 aromatic heterocycles. The number of hydrogen-bond donors (Lipinski definition) is 0. The lowest BCUT2D eigenvalue weighted by Gasteiger charge is -2.36. The van der Waals surface area contributed by atoms with E-state index in [4.69, 9.17) is 4.74 Å². The van der Waals surface area contributed by atoms with Gasteiger partial charge in [-0.2, -0.15) is 0 Å². The monoisotopic (exact) mass is 309 g/mol. The molecule has 2 aromatic rings. The maximum Gasteiger partial charge on any atom is 0.258 e. The van der Waals surface area contributed by atoms with Crippen molar-refractivity contribution in [1.29, 1.82) is 0 Å². The molecule has 23 heavy (non-hydrogen) atoms. The standard InChI is InChI=1S/C19H19NO3/c1-13(21)17-12-9-14-5-3-4-6-18(14)20(17)19(22)15-7-10-16(23-2)11-8-15/h3-8,10-11,17H,9,12H2,1-2H3. The number of ether oxygens (including phenoxy) is 1. The third kappa shape index (κ3) is 2.84. The Morgan fingerprint density at radius 1 is 1.09 bits per heavy atom. The minimum atomic E-state index is -0.403. The number of rotatable bonds is 3. The first kappa shape index (κ1) is 15.3. The SMILES string of the molecule is COc1ccc(C(=O)N2c3ccccc3CCC2C(C)=O)cc1. The number of carbonyl (C=O) groups excluding carboxylic acids is 2. The summed E-state index contributed by atoms with van der Waals surface area (Å²) in [6.07, 6.45) is 1.47. The Balaban J connectivity index is 2.02. The van der Waals surface area contributed by atoms with Crippen LogP contribution in [0.4, 0.5) is 5.69 Å². The van der Waals surface area contributed by atoms with Crippen molar-refractivity contribution >= 4 is 17.4 Å². The maximum absolute atomic E-state index is 13.0. The minimum Gasteiger partial charge on any atom is -0.497 e. The number of benzene rings is 2. The zero-order valence-electron chi connectivity index (χ0n) is 13.3. The smallest absolute Gasteiger partial charge is 0.258 e. The molecule has 3 rings (SSSR count). The fourth-order valence-electron chi connectivity index (χ4n) is 3.06. The molecule has 0 radical (unpaired) electrons. The summed E-state index contributed by atoms with van der Waals surface area (Å²) in [7, 11) is 1.59. The van der Waals surface area contributed by atoms with Crippen molar-refractivity contribution in [2.24, 2.45) is 0 Å². The highest BCUT2D eigenvalue weighted by Gasteiger charge is 2.34. The maximum atomic E-state index is 13.0. The number of fused-ring (bicyclic) bond motifs is 1. The molecule has 1 amide bonds. The van der Waals surface area contributed by atoms with Crippen molar-refractivity contribution in [2.45, 2.75) is 25.8 Å². The van der Waals surface area contributed by atoms with Gasteiger partial charge in [-0.25, -0.2) is 0 Å². The molecule has 1 heterocycles. The summed E-state index contributed by atoms with van der Waals surface area (Å²) in [6, 6.07) is 14.4. The second-order valence-corrected chi connectivity index (χ2v) is 5.70. The van der Waals surface area contributed by atoms with Gasteiger partial charge in [-0.05, 0) is 55.7 Å². The number of carbonyl (C=O) groups is 2. The Morgan fingerprint density at radius 3 is 2.43 bits per heavy atom. The fraction of sp³-hybridized carbons (Fsp3) is 0.263. The Labute approximate surface area is 135 Å². The van der Waals surface area contributed by atoms with Crippen LogP contribution in [0.25, 0.3) is 0 Å². The van der Waals surface area contributed by atoms with Gasteiger partial charge in [-0.1, -0.05) is 18.2 Å². The zero-order valence-corrected chi connectivity index (χ0v) is 13.3. The van der Waals surface area contributed by atoms with Crippen LogP contribution in [-0.4, -0.2) is 24.8 Å². The van der Waals surface area contributed by atoms with E-state index in [1.54, 1.807) is 43.2 Å². The zero-order chi connectivity index (χ0) is 16.4. The van der Waals surface area contributed by atoms with Crippen LogP contribution in [-0.2, 0) is 11.2 Å². The van der Waals surface area contributed by atoms with Crippen molar-refractivity contribution in [1.82, 2.24) is 0 Å². The van der Waals surface area contributed by atoms with E-state index in [0.717, 1.165) is 17.7 Å². The number of hydrogen-bond acceptors (Lipinski definition) is 3. The Bertz CT molecular complexity index is 737. The number of amides is 1. The topological polar surface area (TPSA) is 46.6 Å². The molecule has 1 atom stereocenters. The second-order valence-electron chi connectivity index (χ2n) is 5.70. The number of Topliss-reactive ketones (excluding diaryl/α,β-unsaturated/α-hetero) is 1. The summed E-state index contributed by atoms with van der Waals surface area (Å²) >= 11 is 0. The molecule has 1 aliphatic rings. The lowest BCUT2D eigenvalue weighted by atomic mass is 9.93. The van der Waals surface area contributed by atoms with E-state index in [2.05, 4.69) is 0 Å². The van der Waals surface area contributed by atoms with Crippen LogP contribution in [0.1, 0.15) is 29.3 Å². The molecule has 0 spiro atoms. The largest absolute Gasteiger partial charge is 0.497 e. The van der Waals surface area contributed by atoms with Gasteiger partial charge in [0.05, 0.1) is 13.2 Å². The van der Waals surface area contributed by atoms with Crippen LogP contribution in [0.5, 0.6) is 5.75 Å². The van der Waals surface area contributed by atoms with Crippen molar-refractivity contribution in [3.05, 3.63) is 59.7 Å². The van der Waals surface area contributed by atoms with Crippen LogP contribution in [0, 0.1) is 0 Å². The molecule has 1 unspecified atom stereocenters. The first-order valence-electron chi connectivity index (χ1n) is 7.68. The highest BCUT2D eigenvalue weighted by atomic mass is 16.5. The molecule has 0 saturated heterocycles. The van der Waals surface area contributed by atoms with Crippen LogP contribution in [0.3, 0.4) is 0 Å². The highest BCUT2D eigenvalue weighted by Crippen LogP contribution is 2.32. The molecule has 4 heteroatoms. The summed E-state index contributed by atoms with van der Waals surface area (Å²) in [5.74, 6) is 0.560. The van der Waals surface area contributed by atoms with E-state index in [1.165, 1.54) is 0 Å². The van der Waals surface area contributed by atoms with E-state index >= 15 is 0 Å². The van der Waals surface area contributed by atoms with Crippen LogP contribution in [0.2, 0.25) is 0 Å². The van der Waals surface area contributed by atoms with E-state index in [-0.39, 0.29) is 11.7 Å². The van der Waals surface area contributed by atoms with Gasteiger partial charge in [0, 0.05) is 11.3 Å². The highest BCUT2D eigenvalue weighted by molar-refractivity contribution is 6.10. The van der Waals surface area contributed by atoms with Gasteiger partial charge < -0.3 is 4.74 Å². The first-order valence-corrected chi connectivity index (χ1v) is 7.68. The van der Waals surface area contributed by atoms with E-state index in [9.17, 15) is 9.59 Å². The summed E-state index contributed by atoms with van der Waals surface area (Å²) in [5, 5.41) is 0. The fourth-order valence-corrected chi connectivity index (χ4v) is 3.06. The quantitative estimate of drug-likeness (QED) is 0.874. The molecule has 0 N–H and O–H groups in total. The average Bonchev–Trinajstić information content (AvgIpc) is 2.60. The summed E-state index contributed by atoms with van der Waals surface area (Å²) in [5.41, 5.74) is 2.49. The molecular formula is C19H19NO3. The van der Waals surface area contributed by atoms with Crippen LogP contribution >= 0.6 is 0 Å². The molecular weight excluding hydrogens is 290 g/mol. The number of para-hydroxylation sites is 1. The summed E-state index contributed by atoms with van der Waals surface area (Å²) in [4.78, 5) is 26.7. The average molecular weight is 309 g/mol. The predicted molar refractivity (Wildman–Crippen MR) is 89.0 cm³/mol. The van der Waals surface area contributed by atoms with Gasteiger partial charge in [-0.3, -0.25) is 14.5 Å². The van der Waals surface area contributed by atoms with Gasteiger partial charge in [0.2, 0.25) is 0 Å². The van der Waals surface area contributed by atoms with Gasteiger partial charge in [0.15, 0.2) is 5.78 Å². The summed E-state index contributed by atoms with van der Waals surface area (Å²) in [6.45, 7) is 1.55. The summed E-state index contributed by atoms with van der Waals surface area (Å²) < 4.78 is 5.13.